The summed E-state index contributed by atoms with van der Waals surface area (Å²) in [5, 5.41) is 10.8. The van der Waals surface area contributed by atoms with Crippen LogP contribution in [0.1, 0.15) is 11.1 Å². The first kappa shape index (κ1) is 12.9. The fraction of sp³-hybridized carbons (Fsp3) is 0.125. The van der Waals surface area contributed by atoms with Gasteiger partial charge in [-0.05, 0) is 41.1 Å². The van der Waals surface area contributed by atoms with E-state index in [1.165, 1.54) is 6.21 Å². The van der Waals surface area contributed by atoms with E-state index in [9.17, 15) is 4.79 Å². The Morgan fingerprint density at radius 2 is 2.15 bits per heavy atom. The summed E-state index contributed by atoms with van der Waals surface area (Å²) in [7, 11) is 0. The minimum Gasteiger partial charge on any atom is -0.326 e. The van der Waals surface area contributed by atoms with Crippen molar-refractivity contribution in [3.8, 4) is 11.1 Å². The van der Waals surface area contributed by atoms with Crippen molar-refractivity contribution in [2.45, 2.75) is 12.8 Å². The topological polar surface area (TPSA) is 53.0 Å². The summed E-state index contributed by atoms with van der Waals surface area (Å²) in [4.78, 5) is 11.4. The van der Waals surface area contributed by atoms with E-state index in [1.807, 2.05) is 36.4 Å². The second kappa shape index (κ2) is 5.10. The molecule has 0 bridgehead atoms. The summed E-state index contributed by atoms with van der Waals surface area (Å²) < 4.78 is 0. The third kappa shape index (κ3) is 2.21. The van der Waals surface area contributed by atoms with Gasteiger partial charge in [-0.25, -0.2) is 0 Å². The average Bonchev–Trinajstić information content (AvgIpc) is 2.78. The molecule has 4 heteroatoms. The lowest BCUT2D eigenvalue weighted by molar-refractivity contribution is -0.115. The van der Waals surface area contributed by atoms with Crippen molar-refractivity contribution in [1.29, 1.82) is 5.41 Å². The maximum atomic E-state index is 11.4. The maximum Gasteiger partial charge on any atom is 0.228 e. The zero-order chi connectivity index (χ0) is 14.1. The number of fused-ring (bicyclic) bond motifs is 1. The Kier molecular flexibility index (Phi) is 3.28. The zero-order valence-electron chi connectivity index (χ0n) is 10.7. The van der Waals surface area contributed by atoms with Gasteiger partial charge >= 0.3 is 0 Å². The molecule has 0 fully saturated rings. The molecule has 20 heavy (non-hydrogen) atoms. The molecule has 1 amide bonds. The largest absolute Gasteiger partial charge is 0.326 e. The number of hydrogen-bond acceptors (Lipinski definition) is 2. The lowest BCUT2D eigenvalue weighted by Gasteiger charge is -2.11. The Bertz CT molecular complexity index is 710. The molecule has 1 aliphatic rings. The Hall–Kier alpha value is -2.13. The SMILES string of the molecule is N=CCc1cccc(Cl)c1-c1ccc2c(c1)CC(=O)N2. The fourth-order valence-corrected chi connectivity index (χ4v) is 2.86. The van der Waals surface area contributed by atoms with Gasteiger partial charge in [0.25, 0.3) is 0 Å². The molecule has 3 nitrogen and oxygen atoms in total. The van der Waals surface area contributed by atoms with Crippen LogP contribution in [0.3, 0.4) is 0 Å². The molecule has 1 heterocycles. The van der Waals surface area contributed by atoms with Gasteiger partial charge in [0, 0.05) is 22.7 Å². The molecule has 0 spiro atoms. The molecule has 2 N–H and O–H groups in total. The van der Waals surface area contributed by atoms with Crippen LogP contribution in [0, 0.1) is 5.41 Å². The predicted molar refractivity (Wildman–Crippen MR) is 81.7 cm³/mol. The summed E-state index contributed by atoms with van der Waals surface area (Å²) in [6.07, 6.45) is 2.32. The molecule has 0 saturated heterocycles. The Morgan fingerprint density at radius 1 is 1.30 bits per heavy atom. The van der Waals surface area contributed by atoms with Crippen molar-refractivity contribution < 1.29 is 4.79 Å². The van der Waals surface area contributed by atoms with Gasteiger partial charge in [-0.1, -0.05) is 29.8 Å². The zero-order valence-corrected chi connectivity index (χ0v) is 11.5. The van der Waals surface area contributed by atoms with Gasteiger partial charge in [0.05, 0.1) is 6.42 Å². The van der Waals surface area contributed by atoms with Gasteiger partial charge in [0.2, 0.25) is 5.91 Å². The molecule has 0 aliphatic carbocycles. The maximum absolute atomic E-state index is 11.4. The van der Waals surface area contributed by atoms with Gasteiger partial charge in [0.1, 0.15) is 0 Å². The number of benzene rings is 2. The molecule has 0 unspecified atom stereocenters. The molecular weight excluding hydrogens is 272 g/mol. The molecule has 3 rings (SSSR count). The van der Waals surface area contributed by atoms with E-state index in [1.54, 1.807) is 0 Å². The molecule has 0 atom stereocenters. The molecule has 100 valence electrons. The normalized spacial score (nSPS) is 12.9. The molecule has 2 aromatic rings. The van der Waals surface area contributed by atoms with Gasteiger partial charge in [-0.3, -0.25) is 4.79 Å². The Labute approximate surface area is 122 Å². The summed E-state index contributed by atoms with van der Waals surface area (Å²) in [5.74, 6) is 0.0241. The predicted octanol–water partition coefficient (Wildman–Crippen LogP) is 3.69. The van der Waals surface area contributed by atoms with E-state index < -0.39 is 0 Å². The van der Waals surface area contributed by atoms with E-state index in [-0.39, 0.29) is 5.91 Å². The van der Waals surface area contributed by atoms with Gasteiger partial charge in [-0.15, -0.1) is 0 Å². The third-order valence-corrected chi connectivity index (χ3v) is 3.76. The highest BCUT2D eigenvalue weighted by molar-refractivity contribution is 6.33. The highest BCUT2D eigenvalue weighted by atomic mass is 35.5. The standard InChI is InChI=1S/C16H13ClN2O/c17-13-3-1-2-10(6-7-18)16(13)11-4-5-14-12(8-11)9-15(20)19-14/h1-5,7-8,18H,6,9H2,(H,19,20). The Balaban J connectivity index is 2.12. The third-order valence-electron chi connectivity index (χ3n) is 3.44. The summed E-state index contributed by atoms with van der Waals surface area (Å²) in [6, 6.07) is 11.6. The fourth-order valence-electron chi connectivity index (χ4n) is 2.56. The first-order valence-electron chi connectivity index (χ1n) is 6.38. The van der Waals surface area contributed by atoms with Crippen LogP contribution in [-0.2, 0) is 17.6 Å². The average molecular weight is 285 g/mol. The number of amides is 1. The molecule has 2 aromatic carbocycles. The summed E-state index contributed by atoms with van der Waals surface area (Å²) >= 11 is 6.32. The van der Waals surface area contributed by atoms with Crippen molar-refractivity contribution in [2.24, 2.45) is 0 Å². The number of carbonyl (C=O) groups is 1. The van der Waals surface area contributed by atoms with Crippen molar-refractivity contribution in [2.75, 3.05) is 5.32 Å². The van der Waals surface area contributed by atoms with E-state index in [0.29, 0.717) is 17.9 Å². The van der Waals surface area contributed by atoms with E-state index >= 15 is 0 Å². The number of rotatable bonds is 3. The second-order valence-corrected chi connectivity index (χ2v) is 5.19. The van der Waals surface area contributed by atoms with E-state index in [0.717, 1.165) is 27.9 Å². The monoisotopic (exact) mass is 284 g/mol. The first-order valence-corrected chi connectivity index (χ1v) is 6.76. The van der Waals surface area contributed by atoms with Crippen LogP contribution in [0.25, 0.3) is 11.1 Å². The van der Waals surface area contributed by atoms with Crippen LogP contribution in [0.15, 0.2) is 36.4 Å². The summed E-state index contributed by atoms with van der Waals surface area (Å²) in [6.45, 7) is 0. The Morgan fingerprint density at radius 3 is 2.95 bits per heavy atom. The van der Waals surface area contributed by atoms with E-state index in [2.05, 4.69) is 5.32 Å². The molecule has 0 radical (unpaired) electrons. The highest BCUT2D eigenvalue weighted by Gasteiger charge is 2.19. The van der Waals surface area contributed by atoms with Crippen LogP contribution < -0.4 is 5.32 Å². The first-order chi connectivity index (χ1) is 9.69. The lowest BCUT2D eigenvalue weighted by Crippen LogP contribution is -2.03. The minimum atomic E-state index is 0.0241. The van der Waals surface area contributed by atoms with Crippen molar-refractivity contribution in [1.82, 2.24) is 0 Å². The summed E-state index contributed by atoms with van der Waals surface area (Å²) in [5.41, 5.74) is 4.82. The van der Waals surface area contributed by atoms with Crippen molar-refractivity contribution in [3.63, 3.8) is 0 Å². The van der Waals surface area contributed by atoms with Crippen molar-refractivity contribution >= 4 is 29.4 Å². The number of halogens is 1. The van der Waals surface area contributed by atoms with Crippen molar-refractivity contribution in [3.05, 3.63) is 52.5 Å². The van der Waals surface area contributed by atoms with Crippen LogP contribution in [0.5, 0.6) is 0 Å². The second-order valence-electron chi connectivity index (χ2n) is 4.78. The number of carbonyl (C=O) groups excluding carboxylic acids is 1. The minimum absolute atomic E-state index is 0.0241. The van der Waals surface area contributed by atoms with Crippen LogP contribution in [0.4, 0.5) is 5.69 Å². The number of nitrogens with one attached hydrogen (secondary N) is 2. The van der Waals surface area contributed by atoms with Gasteiger partial charge in [-0.2, -0.15) is 0 Å². The molecular formula is C16H13ClN2O. The van der Waals surface area contributed by atoms with Crippen LogP contribution in [-0.4, -0.2) is 12.1 Å². The van der Waals surface area contributed by atoms with Crippen LogP contribution >= 0.6 is 11.6 Å². The van der Waals surface area contributed by atoms with E-state index in [4.69, 9.17) is 17.0 Å². The molecule has 1 aliphatic heterocycles. The number of hydrogen-bond donors (Lipinski definition) is 2. The van der Waals surface area contributed by atoms with Gasteiger partial charge in [0.15, 0.2) is 0 Å². The highest BCUT2D eigenvalue weighted by Crippen LogP contribution is 2.35. The molecule has 0 saturated carbocycles. The molecule has 0 aromatic heterocycles. The van der Waals surface area contributed by atoms with Gasteiger partial charge < -0.3 is 10.7 Å². The smallest absolute Gasteiger partial charge is 0.228 e. The quantitative estimate of drug-likeness (QED) is 0.830. The van der Waals surface area contributed by atoms with Crippen LogP contribution in [0.2, 0.25) is 5.02 Å². The lowest BCUT2D eigenvalue weighted by atomic mass is 9.96. The number of anilines is 1.